The van der Waals surface area contributed by atoms with E-state index >= 15 is 0 Å². The van der Waals surface area contributed by atoms with E-state index in [0.717, 1.165) is 4.90 Å². The van der Waals surface area contributed by atoms with Crippen molar-refractivity contribution in [2.75, 3.05) is 19.7 Å². The van der Waals surface area contributed by atoms with E-state index in [1.54, 1.807) is 13.8 Å². The second-order valence-electron chi connectivity index (χ2n) is 4.14. The molecule has 0 spiro atoms. The first kappa shape index (κ1) is 17.6. The molecule has 0 unspecified atom stereocenters. The van der Waals surface area contributed by atoms with Crippen LogP contribution in [-0.2, 0) is 4.79 Å². The number of nitrogens with two attached hydrogens (primary N) is 1. The Hall–Kier alpha value is -1.44. The van der Waals surface area contributed by atoms with Gasteiger partial charge in [-0.1, -0.05) is 19.0 Å². The van der Waals surface area contributed by atoms with Gasteiger partial charge in [-0.05, 0) is 12.8 Å². The van der Waals surface area contributed by atoms with Gasteiger partial charge in [0.15, 0.2) is 5.84 Å². The molecule has 0 aliphatic rings. The van der Waals surface area contributed by atoms with Crippen molar-refractivity contribution in [1.82, 2.24) is 4.90 Å². The van der Waals surface area contributed by atoms with Gasteiger partial charge in [-0.25, -0.2) is 8.78 Å². The molecule has 6 nitrogen and oxygen atoms in total. The summed E-state index contributed by atoms with van der Waals surface area (Å²) < 4.78 is 24.9. The number of alkyl halides is 2. The average Bonchev–Trinajstić information content (AvgIpc) is 2.39. The van der Waals surface area contributed by atoms with Crippen molar-refractivity contribution in [3.63, 3.8) is 0 Å². The number of aliphatic hydroxyl groups excluding tert-OH is 1. The molecule has 0 aliphatic heterocycles. The van der Waals surface area contributed by atoms with Crippen LogP contribution in [0.25, 0.3) is 0 Å². The monoisotopic (exact) mass is 281 g/mol. The molecule has 0 aliphatic carbocycles. The molecule has 0 bridgehead atoms. The van der Waals surface area contributed by atoms with Gasteiger partial charge in [0, 0.05) is 6.54 Å². The first-order valence-corrected chi connectivity index (χ1v) is 6.05. The molecule has 0 aromatic rings. The fraction of sp³-hybridized carbons (Fsp3) is 0.818. The highest BCUT2D eigenvalue weighted by molar-refractivity contribution is 6.06. The van der Waals surface area contributed by atoms with Gasteiger partial charge < -0.3 is 20.9 Å². The summed E-state index contributed by atoms with van der Waals surface area (Å²) in [7, 11) is 0. The third-order valence-electron chi connectivity index (χ3n) is 3.23. The minimum atomic E-state index is -2.71. The predicted octanol–water partition coefficient (Wildman–Crippen LogP) is 0.625. The molecule has 0 fully saturated rings. The van der Waals surface area contributed by atoms with Gasteiger partial charge in [-0.15, -0.1) is 0 Å². The first-order chi connectivity index (χ1) is 8.89. The van der Waals surface area contributed by atoms with Crippen LogP contribution in [0.3, 0.4) is 0 Å². The van der Waals surface area contributed by atoms with Crippen LogP contribution >= 0.6 is 0 Å². The molecule has 112 valence electrons. The highest BCUT2D eigenvalue weighted by Gasteiger charge is 2.42. The Morgan fingerprint density at radius 1 is 1.42 bits per heavy atom. The number of amides is 1. The Bertz CT molecular complexity index is 320. The van der Waals surface area contributed by atoms with E-state index in [0.29, 0.717) is 0 Å². The standard InChI is InChI=1S/C11H21F2N3O3/c1-3-11(4-2,9(14)15-19)10(18)16(5-6-17)7-8(12)13/h8,17,19H,3-7H2,1-2H3,(H2,14,15). The van der Waals surface area contributed by atoms with Gasteiger partial charge in [-0.3, -0.25) is 4.79 Å². The number of hydrogen-bond acceptors (Lipinski definition) is 4. The van der Waals surface area contributed by atoms with Crippen molar-refractivity contribution in [3.8, 4) is 0 Å². The molecule has 8 heteroatoms. The van der Waals surface area contributed by atoms with Crippen molar-refractivity contribution < 1.29 is 23.9 Å². The lowest BCUT2D eigenvalue weighted by atomic mass is 9.79. The number of carbonyl (C=O) groups excluding carboxylic acids is 1. The highest BCUT2D eigenvalue weighted by Crippen LogP contribution is 2.29. The van der Waals surface area contributed by atoms with E-state index < -0.39 is 30.9 Å². The summed E-state index contributed by atoms with van der Waals surface area (Å²) in [5.74, 6) is -0.971. The Morgan fingerprint density at radius 3 is 2.26 bits per heavy atom. The van der Waals surface area contributed by atoms with E-state index in [1.807, 2.05) is 0 Å². The Kier molecular flexibility index (Phi) is 7.28. The summed E-state index contributed by atoms with van der Waals surface area (Å²) in [5, 5.41) is 20.5. The van der Waals surface area contributed by atoms with E-state index in [-0.39, 0.29) is 25.2 Å². The van der Waals surface area contributed by atoms with Crippen molar-refractivity contribution in [3.05, 3.63) is 0 Å². The van der Waals surface area contributed by atoms with E-state index in [9.17, 15) is 13.6 Å². The lowest BCUT2D eigenvalue weighted by molar-refractivity contribution is -0.141. The first-order valence-electron chi connectivity index (χ1n) is 6.05. The second-order valence-corrected chi connectivity index (χ2v) is 4.14. The zero-order chi connectivity index (χ0) is 15.1. The normalized spacial score (nSPS) is 12.8. The van der Waals surface area contributed by atoms with Gasteiger partial charge >= 0.3 is 0 Å². The number of rotatable bonds is 8. The summed E-state index contributed by atoms with van der Waals surface area (Å²) in [6.45, 7) is 1.86. The summed E-state index contributed by atoms with van der Waals surface area (Å²) in [4.78, 5) is 13.2. The number of carbonyl (C=O) groups is 1. The zero-order valence-corrected chi connectivity index (χ0v) is 11.1. The third kappa shape index (κ3) is 4.02. The molecule has 0 aromatic heterocycles. The summed E-state index contributed by atoms with van der Waals surface area (Å²) in [5.41, 5.74) is 4.22. The predicted molar refractivity (Wildman–Crippen MR) is 66.1 cm³/mol. The molecule has 0 aromatic carbocycles. The summed E-state index contributed by atoms with van der Waals surface area (Å²) in [6, 6.07) is 0. The quantitative estimate of drug-likeness (QED) is 0.263. The van der Waals surface area contributed by atoms with Crippen LogP contribution in [0.2, 0.25) is 0 Å². The van der Waals surface area contributed by atoms with Crippen molar-refractivity contribution in [2.45, 2.75) is 33.1 Å². The summed E-state index contributed by atoms with van der Waals surface area (Å²) in [6.07, 6.45) is -2.29. The molecule has 0 radical (unpaired) electrons. The molecule has 0 saturated carbocycles. The smallest absolute Gasteiger partial charge is 0.255 e. The largest absolute Gasteiger partial charge is 0.409 e. The molecule has 0 rings (SSSR count). The maximum absolute atomic E-state index is 12.5. The maximum Gasteiger partial charge on any atom is 0.255 e. The molecule has 1 amide bonds. The number of nitrogens with zero attached hydrogens (tertiary/aromatic N) is 2. The summed E-state index contributed by atoms with van der Waals surface area (Å²) >= 11 is 0. The van der Waals surface area contributed by atoms with Gasteiger partial charge in [0.1, 0.15) is 5.41 Å². The number of hydrogen-bond donors (Lipinski definition) is 3. The SMILES string of the molecule is CCC(CC)(C(=O)N(CCO)CC(F)F)C(N)=NO. The van der Waals surface area contributed by atoms with Crippen molar-refractivity contribution >= 4 is 11.7 Å². The molecular weight excluding hydrogens is 260 g/mol. The number of amidine groups is 1. The van der Waals surface area contributed by atoms with E-state index in [2.05, 4.69) is 5.16 Å². The van der Waals surface area contributed by atoms with Crippen LogP contribution in [0, 0.1) is 5.41 Å². The molecule has 0 heterocycles. The average molecular weight is 281 g/mol. The fourth-order valence-electron chi connectivity index (χ4n) is 1.99. The van der Waals surface area contributed by atoms with Crippen molar-refractivity contribution in [1.29, 1.82) is 0 Å². The van der Waals surface area contributed by atoms with Gasteiger partial charge in [-0.2, -0.15) is 0 Å². The Balaban J connectivity index is 5.35. The van der Waals surface area contributed by atoms with Crippen LogP contribution in [0.5, 0.6) is 0 Å². The third-order valence-corrected chi connectivity index (χ3v) is 3.23. The number of aliphatic hydroxyl groups is 1. The van der Waals surface area contributed by atoms with E-state index in [1.165, 1.54) is 0 Å². The van der Waals surface area contributed by atoms with Gasteiger partial charge in [0.2, 0.25) is 5.91 Å². The van der Waals surface area contributed by atoms with Crippen molar-refractivity contribution in [2.24, 2.45) is 16.3 Å². The molecule has 4 N–H and O–H groups in total. The van der Waals surface area contributed by atoms with Crippen LogP contribution in [0.4, 0.5) is 8.78 Å². The lowest BCUT2D eigenvalue weighted by Crippen LogP contribution is -2.52. The van der Waals surface area contributed by atoms with Crippen LogP contribution in [0.15, 0.2) is 5.16 Å². The molecule has 0 saturated heterocycles. The topological polar surface area (TPSA) is 99.2 Å². The highest BCUT2D eigenvalue weighted by atomic mass is 19.3. The lowest BCUT2D eigenvalue weighted by Gasteiger charge is -2.34. The number of halogens is 2. The van der Waals surface area contributed by atoms with Crippen LogP contribution in [0.1, 0.15) is 26.7 Å². The maximum atomic E-state index is 12.5. The Labute approximate surface area is 110 Å². The van der Waals surface area contributed by atoms with Crippen LogP contribution in [-0.4, -0.2) is 53.1 Å². The molecule has 19 heavy (non-hydrogen) atoms. The molecule has 0 atom stereocenters. The van der Waals surface area contributed by atoms with E-state index in [4.69, 9.17) is 16.0 Å². The number of oxime groups is 1. The minimum absolute atomic E-state index is 0.212. The Morgan fingerprint density at radius 2 is 1.95 bits per heavy atom. The zero-order valence-electron chi connectivity index (χ0n) is 11.1. The molecular formula is C11H21F2N3O3. The van der Waals surface area contributed by atoms with Gasteiger partial charge in [0.05, 0.1) is 13.2 Å². The fourth-order valence-corrected chi connectivity index (χ4v) is 1.99. The van der Waals surface area contributed by atoms with Gasteiger partial charge in [0.25, 0.3) is 6.43 Å². The van der Waals surface area contributed by atoms with Crippen LogP contribution < -0.4 is 5.73 Å². The second kappa shape index (κ2) is 7.88. The minimum Gasteiger partial charge on any atom is -0.409 e.